The van der Waals surface area contributed by atoms with Gasteiger partial charge in [0.1, 0.15) is 0 Å². The Balaban J connectivity index is 1.76. The SMILES string of the molecule is CN1CCN(C(=O)c2ccc(=O)n(-c3cccc(Cl)c3)c2)c2cc(Cl)ccc21. The second kappa shape index (κ2) is 7.34. The molecule has 0 saturated carbocycles. The van der Waals surface area contributed by atoms with Crippen LogP contribution in [0.3, 0.4) is 0 Å². The number of amides is 1. The number of hydrogen-bond acceptors (Lipinski definition) is 3. The molecule has 1 aromatic heterocycles. The van der Waals surface area contributed by atoms with Crippen LogP contribution in [-0.2, 0) is 0 Å². The van der Waals surface area contributed by atoms with Gasteiger partial charge in [0.25, 0.3) is 11.5 Å². The molecule has 5 nitrogen and oxygen atoms in total. The number of nitrogens with zero attached hydrogens (tertiary/aromatic N) is 3. The molecule has 0 saturated heterocycles. The Morgan fingerprint density at radius 3 is 2.50 bits per heavy atom. The van der Waals surface area contributed by atoms with Crippen LogP contribution in [0.2, 0.25) is 10.0 Å². The zero-order valence-electron chi connectivity index (χ0n) is 15.1. The smallest absolute Gasteiger partial charge is 0.259 e. The minimum Gasteiger partial charge on any atom is -0.371 e. The van der Waals surface area contributed by atoms with Gasteiger partial charge in [-0.2, -0.15) is 0 Å². The fourth-order valence-electron chi connectivity index (χ4n) is 3.33. The highest BCUT2D eigenvalue weighted by molar-refractivity contribution is 6.31. The van der Waals surface area contributed by atoms with Crippen molar-refractivity contribution in [3.8, 4) is 5.69 Å². The van der Waals surface area contributed by atoms with Gasteiger partial charge in [0.15, 0.2) is 0 Å². The first-order chi connectivity index (χ1) is 13.4. The van der Waals surface area contributed by atoms with E-state index < -0.39 is 0 Å². The van der Waals surface area contributed by atoms with E-state index in [4.69, 9.17) is 23.2 Å². The molecule has 142 valence electrons. The van der Waals surface area contributed by atoms with E-state index >= 15 is 0 Å². The van der Waals surface area contributed by atoms with Gasteiger partial charge in [0.2, 0.25) is 0 Å². The first kappa shape index (κ1) is 18.6. The molecule has 1 aliphatic heterocycles. The van der Waals surface area contributed by atoms with Crippen molar-refractivity contribution in [1.29, 1.82) is 0 Å². The molecule has 2 aromatic carbocycles. The van der Waals surface area contributed by atoms with Gasteiger partial charge in [-0.05, 0) is 42.5 Å². The lowest BCUT2D eigenvalue weighted by atomic mass is 10.1. The van der Waals surface area contributed by atoms with Gasteiger partial charge in [-0.1, -0.05) is 29.3 Å². The van der Waals surface area contributed by atoms with E-state index in [2.05, 4.69) is 4.90 Å². The Bertz CT molecular complexity index is 1130. The lowest BCUT2D eigenvalue weighted by molar-refractivity contribution is 0.0986. The number of pyridine rings is 1. The Morgan fingerprint density at radius 1 is 0.929 bits per heavy atom. The third-order valence-electron chi connectivity index (χ3n) is 4.79. The normalized spacial score (nSPS) is 13.4. The Morgan fingerprint density at radius 2 is 1.71 bits per heavy atom. The number of likely N-dealkylation sites (N-methyl/N-ethyl adjacent to an activating group) is 1. The summed E-state index contributed by atoms with van der Waals surface area (Å²) in [4.78, 5) is 29.4. The number of benzene rings is 2. The van der Waals surface area contributed by atoms with Gasteiger partial charge in [-0.25, -0.2) is 0 Å². The summed E-state index contributed by atoms with van der Waals surface area (Å²) in [7, 11) is 1.98. The van der Waals surface area contributed by atoms with Crippen LogP contribution in [0.1, 0.15) is 10.4 Å². The average Bonchev–Trinajstić information content (AvgIpc) is 2.68. The van der Waals surface area contributed by atoms with Crippen molar-refractivity contribution in [3.63, 3.8) is 0 Å². The summed E-state index contributed by atoms with van der Waals surface area (Å²) < 4.78 is 1.42. The molecule has 7 heteroatoms. The fraction of sp³-hybridized carbons (Fsp3) is 0.143. The van der Waals surface area contributed by atoms with Crippen molar-refractivity contribution in [2.24, 2.45) is 0 Å². The second-order valence-corrected chi connectivity index (χ2v) is 7.49. The highest BCUT2D eigenvalue weighted by Gasteiger charge is 2.26. The van der Waals surface area contributed by atoms with Crippen LogP contribution in [0.5, 0.6) is 0 Å². The summed E-state index contributed by atoms with van der Waals surface area (Å²) in [5, 5.41) is 1.08. The third-order valence-corrected chi connectivity index (χ3v) is 5.26. The van der Waals surface area contributed by atoms with E-state index in [1.165, 1.54) is 10.6 Å². The molecular formula is C21H17Cl2N3O2. The third kappa shape index (κ3) is 3.39. The molecule has 0 fully saturated rings. The summed E-state index contributed by atoms with van der Waals surface area (Å²) in [6, 6.07) is 15.4. The van der Waals surface area contributed by atoms with Crippen molar-refractivity contribution < 1.29 is 4.79 Å². The first-order valence-corrected chi connectivity index (χ1v) is 9.51. The average molecular weight is 414 g/mol. The predicted molar refractivity (Wildman–Crippen MR) is 113 cm³/mol. The van der Waals surface area contributed by atoms with Crippen molar-refractivity contribution in [3.05, 3.63) is 86.8 Å². The lowest BCUT2D eigenvalue weighted by Gasteiger charge is -2.35. The van der Waals surface area contributed by atoms with Gasteiger partial charge in [0, 0.05) is 42.4 Å². The number of hydrogen-bond donors (Lipinski definition) is 0. The van der Waals surface area contributed by atoms with E-state index in [-0.39, 0.29) is 11.5 Å². The molecule has 1 aliphatic rings. The quantitative estimate of drug-likeness (QED) is 0.630. The van der Waals surface area contributed by atoms with Crippen molar-refractivity contribution in [1.82, 2.24) is 4.57 Å². The number of carbonyl (C=O) groups excluding carboxylic acids is 1. The molecule has 0 radical (unpaired) electrons. The molecule has 2 heterocycles. The Hall–Kier alpha value is -2.76. The highest BCUT2D eigenvalue weighted by atomic mass is 35.5. The summed E-state index contributed by atoms with van der Waals surface area (Å²) in [6.45, 7) is 1.23. The van der Waals surface area contributed by atoms with Gasteiger partial charge in [-0.3, -0.25) is 14.2 Å². The van der Waals surface area contributed by atoms with Crippen molar-refractivity contribution >= 4 is 40.5 Å². The number of fused-ring (bicyclic) bond motifs is 1. The largest absolute Gasteiger partial charge is 0.371 e. The van der Waals surface area contributed by atoms with Crippen LogP contribution in [0.4, 0.5) is 11.4 Å². The summed E-state index contributed by atoms with van der Waals surface area (Å²) in [6.07, 6.45) is 1.55. The molecule has 3 aromatic rings. The van der Waals surface area contributed by atoms with E-state index in [1.807, 2.05) is 19.2 Å². The Kier molecular flexibility index (Phi) is 4.87. The Labute approximate surface area is 172 Å². The molecule has 1 amide bonds. The monoisotopic (exact) mass is 413 g/mol. The maximum absolute atomic E-state index is 13.3. The number of aromatic nitrogens is 1. The number of halogens is 2. The molecule has 0 spiro atoms. The van der Waals surface area contributed by atoms with Crippen molar-refractivity contribution in [2.75, 3.05) is 29.9 Å². The van der Waals surface area contributed by atoms with Crippen LogP contribution in [0.15, 0.2) is 65.6 Å². The van der Waals surface area contributed by atoms with Crippen LogP contribution in [0.25, 0.3) is 5.69 Å². The summed E-state index contributed by atoms with van der Waals surface area (Å²) >= 11 is 12.2. The fourth-order valence-corrected chi connectivity index (χ4v) is 3.69. The van der Waals surface area contributed by atoms with Crippen LogP contribution >= 0.6 is 23.2 Å². The van der Waals surface area contributed by atoms with Crippen LogP contribution in [0, 0.1) is 0 Å². The van der Waals surface area contributed by atoms with Crippen LogP contribution in [-0.4, -0.2) is 30.6 Å². The minimum absolute atomic E-state index is 0.188. The summed E-state index contributed by atoms with van der Waals surface area (Å²) in [5.74, 6) is -0.188. The predicted octanol–water partition coefficient (Wildman–Crippen LogP) is 4.24. The molecule has 0 atom stereocenters. The maximum atomic E-state index is 13.3. The standard InChI is InChI=1S/C21H17Cl2N3O2/c1-24-9-10-25(19-12-16(23)6-7-18(19)24)21(28)14-5-8-20(27)26(13-14)17-4-2-3-15(22)11-17/h2-8,11-13H,9-10H2,1H3. The summed E-state index contributed by atoms with van der Waals surface area (Å²) in [5.41, 5.74) is 2.48. The zero-order valence-corrected chi connectivity index (χ0v) is 16.6. The van der Waals surface area contributed by atoms with Crippen LogP contribution < -0.4 is 15.4 Å². The molecule has 0 bridgehead atoms. The lowest BCUT2D eigenvalue weighted by Crippen LogP contribution is -2.43. The van der Waals surface area contributed by atoms with E-state index in [0.29, 0.717) is 34.4 Å². The maximum Gasteiger partial charge on any atom is 0.259 e. The molecule has 0 aliphatic carbocycles. The molecule has 0 unspecified atom stereocenters. The van der Waals surface area contributed by atoms with Gasteiger partial charge in [-0.15, -0.1) is 0 Å². The number of anilines is 2. The van der Waals surface area contributed by atoms with Crippen molar-refractivity contribution in [2.45, 2.75) is 0 Å². The number of carbonyl (C=O) groups is 1. The second-order valence-electron chi connectivity index (χ2n) is 6.62. The topological polar surface area (TPSA) is 45.6 Å². The van der Waals surface area contributed by atoms with Gasteiger partial charge < -0.3 is 9.80 Å². The molecule has 28 heavy (non-hydrogen) atoms. The van der Waals surface area contributed by atoms with Gasteiger partial charge in [0.05, 0.1) is 22.6 Å². The minimum atomic E-state index is -0.236. The van der Waals surface area contributed by atoms with Gasteiger partial charge >= 0.3 is 0 Å². The number of rotatable bonds is 2. The molecule has 4 rings (SSSR count). The van der Waals surface area contributed by atoms with E-state index in [1.54, 1.807) is 47.5 Å². The highest BCUT2D eigenvalue weighted by Crippen LogP contribution is 2.35. The molecule has 0 N–H and O–H groups in total. The molecular weight excluding hydrogens is 397 g/mol. The van der Waals surface area contributed by atoms with E-state index in [0.717, 1.165) is 11.4 Å². The zero-order chi connectivity index (χ0) is 19.8. The first-order valence-electron chi connectivity index (χ1n) is 8.75. The van der Waals surface area contributed by atoms with E-state index in [9.17, 15) is 9.59 Å².